The third kappa shape index (κ3) is 2.52. The van der Waals surface area contributed by atoms with Crippen molar-refractivity contribution in [2.45, 2.75) is 25.3 Å². The molecule has 2 aliphatic rings. The van der Waals surface area contributed by atoms with Gasteiger partial charge >= 0.3 is 0 Å². The zero-order valence-corrected chi connectivity index (χ0v) is 10.2. The van der Waals surface area contributed by atoms with Crippen molar-refractivity contribution < 1.29 is 0 Å². The highest BCUT2D eigenvalue weighted by Crippen LogP contribution is 2.31. The highest BCUT2D eigenvalue weighted by atomic mass is 15.2. The predicted octanol–water partition coefficient (Wildman–Crippen LogP) is 0.607. The van der Waals surface area contributed by atoms with Gasteiger partial charge in [0.2, 0.25) is 0 Å². The van der Waals surface area contributed by atoms with Gasteiger partial charge in [0, 0.05) is 19.1 Å². The summed E-state index contributed by atoms with van der Waals surface area (Å²) in [5.74, 6) is 1.66. The van der Waals surface area contributed by atoms with Crippen LogP contribution in [0.25, 0.3) is 0 Å². The van der Waals surface area contributed by atoms with E-state index in [-0.39, 0.29) is 0 Å². The zero-order valence-electron chi connectivity index (χ0n) is 10.2. The van der Waals surface area contributed by atoms with Gasteiger partial charge in [-0.15, -0.1) is 0 Å². The molecule has 1 saturated heterocycles. The summed E-state index contributed by atoms with van der Waals surface area (Å²) in [4.78, 5) is 5.00. The SMILES string of the molecule is CN1CCC(CN(C)C2CCC2CN)C1. The maximum absolute atomic E-state index is 5.76. The Bertz CT molecular complexity index is 205. The minimum absolute atomic E-state index is 0.772. The fourth-order valence-electron chi connectivity index (χ4n) is 3.12. The molecule has 0 aromatic carbocycles. The normalized spacial score (nSPS) is 37.2. The van der Waals surface area contributed by atoms with Crippen LogP contribution in [0.4, 0.5) is 0 Å². The largest absolute Gasteiger partial charge is 0.330 e. The van der Waals surface area contributed by atoms with Gasteiger partial charge < -0.3 is 15.5 Å². The van der Waals surface area contributed by atoms with E-state index in [4.69, 9.17) is 5.73 Å². The Hall–Kier alpha value is -0.120. The molecule has 3 atom stereocenters. The van der Waals surface area contributed by atoms with Crippen LogP contribution in [0.5, 0.6) is 0 Å². The number of hydrogen-bond acceptors (Lipinski definition) is 3. The fourth-order valence-corrected chi connectivity index (χ4v) is 3.12. The fraction of sp³-hybridized carbons (Fsp3) is 1.00. The van der Waals surface area contributed by atoms with E-state index in [9.17, 15) is 0 Å². The number of hydrogen-bond donors (Lipinski definition) is 1. The van der Waals surface area contributed by atoms with Crippen molar-refractivity contribution in [3.05, 3.63) is 0 Å². The Balaban J connectivity index is 1.74. The van der Waals surface area contributed by atoms with E-state index < -0.39 is 0 Å². The van der Waals surface area contributed by atoms with Crippen molar-refractivity contribution in [1.82, 2.24) is 9.80 Å². The molecule has 2 N–H and O–H groups in total. The van der Waals surface area contributed by atoms with E-state index in [0.29, 0.717) is 0 Å². The monoisotopic (exact) mass is 211 g/mol. The van der Waals surface area contributed by atoms with Gasteiger partial charge in [-0.2, -0.15) is 0 Å². The Morgan fingerprint density at radius 1 is 1.33 bits per heavy atom. The van der Waals surface area contributed by atoms with Gasteiger partial charge in [-0.25, -0.2) is 0 Å². The summed E-state index contributed by atoms with van der Waals surface area (Å²) >= 11 is 0. The molecule has 15 heavy (non-hydrogen) atoms. The molecule has 3 unspecified atom stereocenters. The molecule has 3 nitrogen and oxygen atoms in total. The Morgan fingerprint density at radius 2 is 2.13 bits per heavy atom. The van der Waals surface area contributed by atoms with Gasteiger partial charge in [0.25, 0.3) is 0 Å². The van der Waals surface area contributed by atoms with Crippen LogP contribution in [0.1, 0.15) is 19.3 Å². The van der Waals surface area contributed by atoms with Crippen LogP contribution in [-0.4, -0.2) is 56.1 Å². The summed E-state index contributed by atoms with van der Waals surface area (Å²) < 4.78 is 0. The molecule has 0 bridgehead atoms. The molecule has 88 valence electrons. The summed E-state index contributed by atoms with van der Waals surface area (Å²) in [6, 6.07) is 0.779. The van der Waals surface area contributed by atoms with Crippen LogP contribution in [0.3, 0.4) is 0 Å². The lowest BCUT2D eigenvalue weighted by Crippen LogP contribution is -2.49. The first kappa shape index (κ1) is 11.4. The lowest BCUT2D eigenvalue weighted by atomic mass is 9.78. The number of rotatable bonds is 4. The molecule has 3 heteroatoms. The smallest absolute Gasteiger partial charge is 0.0133 e. The molecule has 2 rings (SSSR count). The average Bonchev–Trinajstić information content (AvgIpc) is 2.49. The minimum atomic E-state index is 0.772. The lowest BCUT2D eigenvalue weighted by Gasteiger charge is -2.43. The van der Waals surface area contributed by atoms with Crippen LogP contribution >= 0.6 is 0 Å². The van der Waals surface area contributed by atoms with Gasteiger partial charge in [0.05, 0.1) is 0 Å². The summed E-state index contributed by atoms with van der Waals surface area (Å²) in [6.45, 7) is 4.71. The number of likely N-dealkylation sites (tertiary alicyclic amines) is 1. The van der Waals surface area contributed by atoms with Crippen molar-refractivity contribution >= 4 is 0 Å². The van der Waals surface area contributed by atoms with Crippen LogP contribution in [-0.2, 0) is 0 Å². The zero-order chi connectivity index (χ0) is 10.8. The highest BCUT2D eigenvalue weighted by Gasteiger charge is 2.34. The van der Waals surface area contributed by atoms with Crippen LogP contribution in [0, 0.1) is 11.8 Å². The van der Waals surface area contributed by atoms with Gasteiger partial charge in [-0.05, 0) is 58.3 Å². The van der Waals surface area contributed by atoms with Crippen molar-refractivity contribution in [1.29, 1.82) is 0 Å². The predicted molar refractivity (Wildman–Crippen MR) is 63.8 cm³/mol. The minimum Gasteiger partial charge on any atom is -0.330 e. The van der Waals surface area contributed by atoms with E-state index >= 15 is 0 Å². The van der Waals surface area contributed by atoms with Gasteiger partial charge in [-0.3, -0.25) is 0 Å². The van der Waals surface area contributed by atoms with E-state index in [1.807, 2.05) is 0 Å². The molecule has 0 aromatic heterocycles. The quantitative estimate of drug-likeness (QED) is 0.739. The molecule has 0 radical (unpaired) electrons. The first-order valence-electron chi connectivity index (χ1n) is 6.29. The van der Waals surface area contributed by atoms with E-state index in [0.717, 1.165) is 24.4 Å². The Labute approximate surface area is 93.6 Å². The van der Waals surface area contributed by atoms with E-state index in [1.54, 1.807) is 0 Å². The van der Waals surface area contributed by atoms with Crippen molar-refractivity contribution in [3.63, 3.8) is 0 Å². The topological polar surface area (TPSA) is 32.5 Å². The third-order valence-corrected chi connectivity index (χ3v) is 4.28. The summed E-state index contributed by atoms with van der Waals surface area (Å²) in [6.07, 6.45) is 4.08. The molecule has 0 aromatic rings. The Morgan fingerprint density at radius 3 is 2.60 bits per heavy atom. The van der Waals surface area contributed by atoms with Crippen LogP contribution < -0.4 is 5.73 Å². The van der Waals surface area contributed by atoms with Gasteiger partial charge in [0.15, 0.2) is 0 Å². The van der Waals surface area contributed by atoms with Gasteiger partial charge in [0.1, 0.15) is 0 Å². The second kappa shape index (κ2) is 4.81. The van der Waals surface area contributed by atoms with Crippen molar-refractivity contribution in [3.8, 4) is 0 Å². The molecule has 1 aliphatic heterocycles. The van der Waals surface area contributed by atoms with Crippen LogP contribution in [0.2, 0.25) is 0 Å². The Kier molecular flexibility index (Phi) is 3.65. The number of nitrogens with two attached hydrogens (primary N) is 1. The second-order valence-electron chi connectivity index (χ2n) is 5.50. The molecule has 2 fully saturated rings. The first-order chi connectivity index (χ1) is 7.20. The summed E-state index contributed by atoms with van der Waals surface area (Å²) in [5.41, 5.74) is 5.76. The third-order valence-electron chi connectivity index (χ3n) is 4.28. The average molecular weight is 211 g/mol. The maximum Gasteiger partial charge on any atom is 0.0133 e. The molecule has 0 spiro atoms. The highest BCUT2D eigenvalue weighted by molar-refractivity contribution is 4.89. The molecular formula is C12H25N3. The summed E-state index contributed by atoms with van der Waals surface area (Å²) in [5, 5.41) is 0. The standard InChI is InChI=1S/C12H25N3/c1-14-6-5-10(8-14)9-15(2)12-4-3-11(12)7-13/h10-12H,3-9,13H2,1-2H3. The molecular weight excluding hydrogens is 186 g/mol. The molecule has 0 amide bonds. The van der Waals surface area contributed by atoms with Crippen LogP contribution in [0.15, 0.2) is 0 Å². The maximum atomic E-state index is 5.76. The van der Waals surface area contributed by atoms with E-state index in [2.05, 4.69) is 23.9 Å². The number of nitrogens with zero attached hydrogens (tertiary/aromatic N) is 2. The molecule has 1 heterocycles. The lowest BCUT2D eigenvalue weighted by molar-refractivity contribution is 0.0771. The summed E-state index contributed by atoms with van der Waals surface area (Å²) in [7, 11) is 4.51. The van der Waals surface area contributed by atoms with Gasteiger partial charge in [-0.1, -0.05) is 0 Å². The van der Waals surface area contributed by atoms with Crippen molar-refractivity contribution in [2.24, 2.45) is 17.6 Å². The first-order valence-corrected chi connectivity index (χ1v) is 6.29. The molecule has 1 saturated carbocycles. The second-order valence-corrected chi connectivity index (χ2v) is 5.50. The van der Waals surface area contributed by atoms with Crippen molar-refractivity contribution in [2.75, 3.05) is 40.3 Å². The van der Waals surface area contributed by atoms with E-state index in [1.165, 1.54) is 38.9 Å². The molecule has 1 aliphatic carbocycles.